The van der Waals surface area contributed by atoms with Gasteiger partial charge >= 0.3 is 5.97 Å². The van der Waals surface area contributed by atoms with Gasteiger partial charge in [-0.2, -0.15) is 0 Å². The fourth-order valence-electron chi connectivity index (χ4n) is 2.40. The van der Waals surface area contributed by atoms with Crippen molar-refractivity contribution in [2.45, 2.75) is 52.0 Å². The van der Waals surface area contributed by atoms with Gasteiger partial charge in [-0.25, -0.2) is 4.98 Å². The van der Waals surface area contributed by atoms with Crippen LogP contribution in [-0.2, 0) is 16.0 Å². The van der Waals surface area contributed by atoms with Gasteiger partial charge < -0.3 is 15.8 Å². The number of nitrogens with one attached hydrogen (secondary N) is 1. The molecular formula is C14H23N3O3. The van der Waals surface area contributed by atoms with Crippen molar-refractivity contribution in [3.05, 3.63) is 18.2 Å². The maximum atomic E-state index is 12.5. The quantitative estimate of drug-likeness (QED) is 0.594. The summed E-state index contributed by atoms with van der Waals surface area (Å²) >= 11 is 0. The lowest BCUT2D eigenvalue weighted by molar-refractivity contribution is -0.156. The van der Waals surface area contributed by atoms with Crippen LogP contribution in [0.3, 0.4) is 0 Å². The van der Waals surface area contributed by atoms with Gasteiger partial charge in [0, 0.05) is 18.3 Å². The van der Waals surface area contributed by atoms with E-state index in [4.69, 9.17) is 5.73 Å². The van der Waals surface area contributed by atoms with Gasteiger partial charge in [-0.05, 0) is 12.8 Å². The van der Waals surface area contributed by atoms with Crippen molar-refractivity contribution in [2.75, 3.05) is 0 Å². The average Bonchev–Trinajstić information content (AvgIpc) is 2.92. The fourth-order valence-corrected chi connectivity index (χ4v) is 2.40. The summed E-state index contributed by atoms with van der Waals surface area (Å²) in [6.45, 7) is 3.70. The molecule has 0 aliphatic carbocycles. The highest BCUT2D eigenvalue weighted by atomic mass is 16.4. The summed E-state index contributed by atoms with van der Waals surface area (Å²) in [7, 11) is 0. The minimum atomic E-state index is -1.37. The van der Waals surface area contributed by atoms with E-state index in [-0.39, 0.29) is 12.8 Å². The van der Waals surface area contributed by atoms with Crippen molar-refractivity contribution in [1.29, 1.82) is 0 Å². The molecule has 0 bridgehead atoms. The second kappa shape index (κ2) is 7.19. The molecule has 1 aromatic heterocycles. The molecule has 4 N–H and O–H groups in total. The number of nitrogens with zero attached hydrogens (tertiary/aromatic N) is 1. The lowest BCUT2D eigenvalue weighted by Crippen LogP contribution is -2.49. The normalized spacial score (nSPS) is 15.6. The van der Waals surface area contributed by atoms with E-state index < -0.39 is 23.2 Å². The molecule has 6 heteroatoms. The second-order valence-electron chi connectivity index (χ2n) is 5.10. The van der Waals surface area contributed by atoms with Crippen LogP contribution < -0.4 is 5.73 Å². The van der Waals surface area contributed by atoms with E-state index in [2.05, 4.69) is 9.97 Å². The number of hydrogen-bond acceptors (Lipinski definition) is 4. The highest BCUT2D eigenvalue weighted by Gasteiger charge is 2.45. The van der Waals surface area contributed by atoms with Gasteiger partial charge in [-0.3, -0.25) is 9.59 Å². The minimum absolute atomic E-state index is 0.262. The van der Waals surface area contributed by atoms with Gasteiger partial charge in [-0.15, -0.1) is 0 Å². The number of carbonyl (C=O) groups excluding carboxylic acids is 1. The molecule has 0 aliphatic rings. The Morgan fingerprint density at radius 3 is 2.65 bits per heavy atom. The third-order valence-electron chi connectivity index (χ3n) is 3.77. The number of nitrogens with two attached hydrogens (primary N) is 1. The molecule has 1 rings (SSSR count). The zero-order chi connectivity index (χ0) is 15.2. The van der Waals surface area contributed by atoms with Crippen molar-refractivity contribution < 1.29 is 14.7 Å². The molecule has 0 saturated heterocycles. The molecule has 1 heterocycles. The summed E-state index contributed by atoms with van der Waals surface area (Å²) < 4.78 is 0. The first kappa shape index (κ1) is 16.4. The number of imidazole rings is 1. The van der Waals surface area contributed by atoms with Crippen molar-refractivity contribution in [1.82, 2.24) is 9.97 Å². The topological polar surface area (TPSA) is 109 Å². The van der Waals surface area contributed by atoms with Crippen LogP contribution in [0, 0.1) is 5.41 Å². The Morgan fingerprint density at radius 1 is 1.50 bits per heavy atom. The van der Waals surface area contributed by atoms with Crippen LogP contribution in [0.15, 0.2) is 12.5 Å². The number of Topliss-reactive ketones (excluding diaryl/α,β-unsaturated/α-hetero) is 1. The van der Waals surface area contributed by atoms with Crippen molar-refractivity contribution >= 4 is 11.8 Å². The number of rotatable bonds is 9. The zero-order valence-electron chi connectivity index (χ0n) is 12.1. The van der Waals surface area contributed by atoms with Crippen molar-refractivity contribution in [3.63, 3.8) is 0 Å². The van der Waals surface area contributed by atoms with E-state index in [1.54, 1.807) is 13.1 Å². The third kappa shape index (κ3) is 3.45. The average molecular weight is 281 g/mol. The number of unbranched alkanes of at least 4 members (excludes halogenated alkanes) is 1. The Labute approximate surface area is 118 Å². The van der Waals surface area contributed by atoms with Gasteiger partial charge in [0.1, 0.15) is 5.41 Å². The minimum Gasteiger partial charge on any atom is -0.480 e. The van der Waals surface area contributed by atoms with Crippen molar-refractivity contribution in [2.24, 2.45) is 11.1 Å². The Kier molecular flexibility index (Phi) is 5.88. The van der Waals surface area contributed by atoms with Gasteiger partial charge in [0.2, 0.25) is 0 Å². The highest BCUT2D eigenvalue weighted by Crippen LogP contribution is 2.32. The van der Waals surface area contributed by atoms with E-state index in [0.717, 1.165) is 12.1 Å². The van der Waals surface area contributed by atoms with Gasteiger partial charge in [0.05, 0.1) is 12.4 Å². The fraction of sp³-hybridized carbons (Fsp3) is 0.643. The SMILES string of the molecule is CCCCC(CC)(C(=O)O)C(=O)[C@@H](N)Cc1cnc[nH]1. The molecule has 0 radical (unpaired) electrons. The number of aromatic amines is 1. The van der Waals surface area contributed by atoms with Crippen LogP contribution in [0.2, 0.25) is 0 Å². The van der Waals surface area contributed by atoms with E-state index in [1.807, 2.05) is 6.92 Å². The number of H-pyrrole nitrogens is 1. The molecule has 1 aromatic rings. The first-order chi connectivity index (χ1) is 9.47. The molecule has 0 spiro atoms. The maximum Gasteiger partial charge on any atom is 0.317 e. The third-order valence-corrected chi connectivity index (χ3v) is 3.77. The van der Waals surface area contributed by atoms with Crippen LogP contribution in [0.4, 0.5) is 0 Å². The molecule has 0 aliphatic heterocycles. The predicted molar refractivity (Wildman–Crippen MR) is 75.2 cm³/mol. The van der Waals surface area contributed by atoms with Crippen LogP contribution in [0.5, 0.6) is 0 Å². The van der Waals surface area contributed by atoms with E-state index in [9.17, 15) is 14.7 Å². The van der Waals surface area contributed by atoms with Gasteiger partial charge in [-0.1, -0.05) is 26.7 Å². The Hall–Kier alpha value is -1.69. The summed E-state index contributed by atoms with van der Waals surface area (Å²) in [4.78, 5) is 30.9. The molecule has 0 aromatic carbocycles. The lowest BCUT2D eigenvalue weighted by atomic mass is 9.73. The number of aliphatic carboxylic acids is 1. The Morgan fingerprint density at radius 2 is 2.20 bits per heavy atom. The number of aromatic nitrogens is 2. The Bertz CT molecular complexity index is 445. The van der Waals surface area contributed by atoms with E-state index >= 15 is 0 Å². The van der Waals surface area contributed by atoms with Gasteiger partial charge in [0.25, 0.3) is 0 Å². The molecule has 112 valence electrons. The molecular weight excluding hydrogens is 258 g/mol. The van der Waals surface area contributed by atoms with Crippen LogP contribution in [0.25, 0.3) is 0 Å². The molecule has 20 heavy (non-hydrogen) atoms. The molecule has 0 saturated carbocycles. The first-order valence-electron chi connectivity index (χ1n) is 6.98. The molecule has 0 fully saturated rings. The van der Waals surface area contributed by atoms with E-state index in [1.165, 1.54) is 6.33 Å². The van der Waals surface area contributed by atoms with E-state index in [0.29, 0.717) is 12.8 Å². The van der Waals surface area contributed by atoms with Crippen LogP contribution in [0.1, 0.15) is 45.2 Å². The maximum absolute atomic E-state index is 12.5. The molecule has 0 amide bonds. The van der Waals surface area contributed by atoms with Crippen LogP contribution >= 0.6 is 0 Å². The monoisotopic (exact) mass is 281 g/mol. The van der Waals surface area contributed by atoms with Gasteiger partial charge in [0.15, 0.2) is 5.78 Å². The standard InChI is InChI=1S/C14H23N3O3/c1-3-5-6-14(4-2,13(19)20)12(18)11(15)7-10-8-16-9-17-10/h8-9,11H,3-7,15H2,1-2H3,(H,16,17)(H,19,20)/t11-,14?/m0/s1. The Balaban J connectivity index is 2.88. The number of carboxylic acid groups (broad SMARTS) is 1. The number of carboxylic acids is 1. The zero-order valence-corrected chi connectivity index (χ0v) is 12.1. The summed E-state index contributed by atoms with van der Waals surface area (Å²) in [5.74, 6) is -1.46. The number of carbonyl (C=O) groups is 2. The smallest absolute Gasteiger partial charge is 0.317 e. The summed E-state index contributed by atoms with van der Waals surface area (Å²) in [5.41, 5.74) is 5.29. The number of hydrogen-bond donors (Lipinski definition) is 3. The second-order valence-corrected chi connectivity index (χ2v) is 5.10. The highest BCUT2D eigenvalue weighted by molar-refractivity contribution is 6.05. The van der Waals surface area contributed by atoms with Crippen molar-refractivity contribution in [3.8, 4) is 0 Å². The molecule has 6 nitrogen and oxygen atoms in total. The summed E-state index contributed by atoms with van der Waals surface area (Å²) in [6, 6.07) is -0.830. The largest absolute Gasteiger partial charge is 0.480 e. The summed E-state index contributed by atoms with van der Waals surface area (Å²) in [6.07, 6.45) is 5.52. The molecule has 2 atom stereocenters. The number of ketones is 1. The predicted octanol–water partition coefficient (Wildman–Crippen LogP) is 1.52. The lowest BCUT2D eigenvalue weighted by Gasteiger charge is -2.29. The molecule has 1 unspecified atom stereocenters. The van der Waals surface area contributed by atoms with Crippen LogP contribution in [-0.4, -0.2) is 32.9 Å². The summed E-state index contributed by atoms with van der Waals surface area (Å²) in [5, 5.41) is 9.50. The first-order valence-corrected chi connectivity index (χ1v) is 6.98.